The van der Waals surface area contributed by atoms with Crippen molar-refractivity contribution in [3.63, 3.8) is 0 Å². The molecule has 0 aromatic heterocycles. The number of hydrogen-bond donors (Lipinski definition) is 4. The second-order valence-electron chi connectivity index (χ2n) is 11.7. The van der Waals surface area contributed by atoms with Gasteiger partial charge in [0.15, 0.2) is 5.96 Å². The quantitative estimate of drug-likeness (QED) is 0.200. The minimum atomic E-state index is -0.717. The van der Waals surface area contributed by atoms with Crippen LogP contribution >= 0.6 is 0 Å². The van der Waals surface area contributed by atoms with Crippen molar-refractivity contribution in [3.8, 4) is 0 Å². The first kappa shape index (κ1) is 23.6. The molecule has 4 saturated carbocycles. The topological polar surface area (TPSA) is 104 Å². The summed E-state index contributed by atoms with van der Waals surface area (Å²) < 4.78 is 0. The van der Waals surface area contributed by atoms with Gasteiger partial charge in [-0.2, -0.15) is 0 Å². The smallest absolute Gasteiger partial charge is 0.185 e. The van der Waals surface area contributed by atoms with E-state index in [1.807, 2.05) is 12.2 Å². The molecule has 4 rings (SSSR count). The highest BCUT2D eigenvalue weighted by Crippen LogP contribution is 2.66. The zero-order valence-corrected chi connectivity index (χ0v) is 20.1. The Morgan fingerprint density at radius 2 is 2.00 bits per heavy atom. The SMILES string of the molecule is C[C@@]12CCC[C@H]1[C@@H]1CC[C@@H]3C[C@](O)(C=CC=NOCCCNC(=N)N)CC[C@]3(C)[C@H]1CC2. The first-order valence-corrected chi connectivity index (χ1v) is 12.9. The lowest BCUT2D eigenvalue weighted by Gasteiger charge is -2.61. The molecular weight excluding hydrogens is 400 g/mol. The standard InChI is InChI=1S/C26H44N4O2/c1-24-10-3-6-21(24)20-8-7-19-18-26(31,14-13-25(19,2)22(20)9-12-24)11-4-16-30-32-17-5-15-29-23(27)28/h4,11,16,19-22,31H,3,5-10,12-15,17-18H2,1-2H3,(H4,27,28,29)/t19-,20+,21+,22+,24+,25+,26+/m1/s1. The maximum Gasteiger partial charge on any atom is 0.185 e. The number of nitrogens with zero attached hydrogens (tertiary/aromatic N) is 1. The highest BCUT2D eigenvalue weighted by Gasteiger charge is 2.58. The Kier molecular flexibility index (Phi) is 6.90. The fraction of sp³-hybridized carbons (Fsp3) is 0.846. The van der Waals surface area contributed by atoms with E-state index in [-0.39, 0.29) is 5.96 Å². The van der Waals surface area contributed by atoms with Crippen LogP contribution in [0.4, 0.5) is 0 Å². The summed E-state index contributed by atoms with van der Waals surface area (Å²) in [6.45, 7) is 6.21. The van der Waals surface area contributed by atoms with E-state index < -0.39 is 5.60 Å². The van der Waals surface area contributed by atoms with Crippen molar-refractivity contribution in [1.29, 1.82) is 5.41 Å². The molecule has 5 N–H and O–H groups in total. The molecule has 0 amide bonds. The number of rotatable bonds is 7. The Bertz CT molecular complexity index is 739. The van der Waals surface area contributed by atoms with Gasteiger partial charge in [0.1, 0.15) is 6.61 Å². The number of nitrogens with one attached hydrogen (secondary N) is 2. The summed E-state index contributed by atoms with van der Waals surface area (Å²) in [5.41, 5.74) is 5.53. The van der Waals surface area contributed by atoms with Crippen LogP contribution in [0.1, 0.15) is 84.5 Å². The zero-order chi connectivity index (χ0) is 22.8. The van der Waals surface area contributed by atoms with Crippen LogP contribution in [-0.2, 0) is 4.84 Å². The molecule has 0 unspecified atom stereocenters. The molecule has 0 saturated heterocycles. The highest BCUT2D eigenvalue weighted by atomic mass is 16.6. The first-order valence-electron chi connectivity index (χ1n) is 12.9. The molecule has 6 nitrogen and oxygen atoms in total. The number of hydrogen-bond acceptors (Lipinski definition) is 4. The summed E-state index contributed by atoms with van der Waals surface area (Å²) in [6.07, 6.45) is 18.9. The van der Waals surface area contributed by atoms with Gasteiger partial charge in [0, 0.05) is 13.0 Å². The van der Waals surface area contributed by atoms with Crippen LogP contribution < -0.4 is 11.1 Å². The first-order chi connectivity index (χ1) is 15.3. The number of nitrogens with two attached hydrogens (primary N) is 1. The third-order valence-electron chi connectivity index (χ3n) is 9.90. The van der Waals surface area contributed by atoms with Gasteiger partial charge in [-0.15, -0.1) is 0 Å². The van der Waals surface area contributed by atoms with Crippen molar-refractivity contribution in [2.24, 2.45) is 45.4 Å². The second kappa shape index (κ2) is 9.36. The lowest BCUT2D eigenvalue weighted by molar-refractivity contribution is -0.135. The Hall–Kier alpha value is -1.56. The van der Waals surface area contributed by atoms with Gasteiger partial charge in [-0.1, -0.05) is 31.5 Å². The van der Waals surface area contributed by atoms with Crippen molar-refractivity contribution in [2.75, 3.05) is 13.2 Å². The van der Waals surface area contributed by atoms with Gasteiger partial charge >= 0.3 is 0 Å². The van der Waals surface area contributed by atoms with Gasteiger partial charge in [-0.25, -0.2) is 0 Å². The van der Waals surface area contributed by atoms with E-state index in [1.165, 1.54) is 44.9 Å². The van der Waals surface area contributed by atoms with E-state index in [1.54, 1.807) is 6.21 Å². The molecule has 0 aliphatic heterocycles. The molecule has 4 aliphatic rings. The minimum absolute atomic E-state index is 0.0257. The molecule has 7 atom stereocenters. The molecule has 32 heavy (non-hydrogen) atoms. The normalized spacial score (nSPS) is 43.6. The average molecular weight is 445 g/mol. The van der Waals surface area contributed by atoms with Crippen molar-refractivity contribution < 1.29 is 9.94 Å². The summed E-state index contributed by atoms with van der Waals surface area (Å²) in [5.74, 6) is 3.34. The number of oxime groups is 1. The van der Waals surface area contributed by atoms with E-state index in [4.69, 9.17) is 16.0 Å². The van der Waals surface area contributed by atoms with Crippen LogP contribution in [0.25, 0.3) is 0 Å². The molecule has 0 heterocycles. The Labute approximate surface area is 193 Å². The largest absolute Gasteiger partial charge is 0.396 e. The van der Waals surface area contributed by atoms with Crippen molar-refractivity contribution in [3.05, 3.63) is 12.2 Å². The maximum atomic E-state index is 11.3. The van der Waals surface area contributed by atoms with Gasteiger partial charge in [-0.05, 0) is 98.4 Å². The van der Waals surface area contributed by atoms with Crippen LogP contribution in [0.15, 0.2) is 17.3 Å². The van der Waals surface area contributed by atoms with Gasteiger partial charge in [-0.3, -0.25) is 5.41 Å². The molecule has 180 valence electrons. The molecule has 0 bridgehead atoms. The molecule has 4 aliphatic carbocycles. The van der Waals surface area contributed by atoms with E-state index in [0.29, 0.717) is 29.9 Å². The number of aliphatic hydroxyl groups is 1. The Morgan fingerprint density at radius 1 is 1.16 bits per heavy atom. The van der Waals surface area contributed by atoms with Crippen molar-refractivity contribution in [1.82, 2.24) is 5.32 Å². The highest BCUT2D eigenvalue weighted by molar-refractivity contribution is 5.74. The number of guanidine groups is 1. The summed E-state index contributed by atoms with van der Waals surface area (Å²) in [5, 5.41) is 25.1. The summed E-state index contributed by atoms with van der Waals surface area (Å²) in [7, 11) is 0. The number of allylic oxidation sites excluding steroid dienone is 1. The molecule has 0 radical (unpaired) electrons. The van der Waals surface area contributed by atoms with E-state index in [9.17, 15) is 5.11 Å². The molecule has 0 aromatic rings. The molecule has 6 heteroatoms. The minimum Gasteiger partial charge on any atom is -0.396 e. The van der Waals surface area contributed by atoms with Crippen molar-refractivity contribution >= 4 is 12.2 Å². The Morgan fingerprint density at radius 3 is 2.81 bits per heavy atom. The molecule has 4 fully saturated rings. The lowest BCUT2D eigenvalue weighted by atomic mass is 9.44. The van der Waals surface area contributed by atoms with Crippen LogP contribution in [-0.4, -0.2) is 36.0 Å². The maximum absolute atomic E-state index is 11.3. The zero-order valence-electron chi connectivity index (χ0n) is 20.1. The van der Waals surface area contributed by atoms with Crippen LogP contribution in [0, 0.1) is 39.9 Å². The predicted molar refractivity (Wildman–Crippen MR) is 129 cm³/mol. The summed E-state index contributed by atoms with van der Waals surface area (Å²) >= 11 is 0. The van der Waals surface area contributed by atoms with Gasteiger partial charge in [0.25, 0.3) is 0 Å². The summed E-state index contributed by atoms with van der Waals surface area (Å²) in [4.78, 5) is 5.23. The fourth-order valence-corrected chi connectivity index (χ4v) is 8.13. The predicted octanol–water partition coefficient (Wildman–Crippen LogP) is 4.58. The number of fused-ring (bicyclic) bond motifs is 5. The third kappa shape index (κ3) is 4.71. The molecular formula is C26H44N4O2. The summed E-state index contributed by atoms with van der Waals surface area (Å²) in [6, 6.07) is 0. The Balaban J connectivity index is 1.29. The average Bonchev–Trinajstić information content (AvgIpc) is 3.15. The third-order valence-corrected chi connectivity index (χ3v) is 9.90. The second-order valence-corrected chi connectivity index (χ2v) is 11.7. The van der Waals surface area contributed by atoms with Crippen LogP contribution in [0.2, 0.25) is 0 Å². The van der Waals surface area contributed by atoms with Crippen molar-refractivity contribution in [2.45, 2.75) is 90.1 Å². The monoisotopic (exact) mass is 444 g/mol. The van der Waals surface area contributed by atoms with Crippen LogP contribution in [0.5, 0.6) is 0 Å². The van der Waals surface area contributed by atoms with Gasteiger partial charge in [0.05, 0.1) is 11.8 Å². The lowest BCUT2D eigenvalue weighted by Crippen LogP contribution is -2.55. The van der Waals surface area contributed by atoms with E-state index in [2.05, 4.69) is 24.3 Å². The molecule has 0 aromatic carbocycles. The van der Waals surface area contributed by atoms with E-state index in [0.717, 1.165) is 43.4 Å². The fourth-order valence-electron chi connectivity index (χ4n) is 8.13. The molecule has 0 spiro atoms. The van der Waals surface area contributed by atoms with E-state index >= 15 is 0 Å². The van der Waals surface area contributed by atoms with Crippen LogP contribution in [0.3, 0.4) is 0 Å². The van der Waals surface area contributed by atoms with Gasteiger partial charge in [0.2, 0.25) is 0 Å². The van der Waals surface area contributed by atoms with Gasteiger partial charge < -0.3 is 21.0 Å².